The molecule has 0 spiro atoms. The smallest absolute Gasteiger partial charge is 0.0555 e. The van der Waals surface area contributed by atoms with E-state index in [-0.39, 0.29) is 0 Å². The van der Waals surface area contributed by atoms with E-state index in [4.69, 9.17) is 11.6 Å². The van der Waals surface area contributed by atoms with E-state index in [1.54, 1.807) is 0 Å². The lowest BCUT2D eigenvalue weighted by molar-refractivity contribution is 1.18. The van der Waals surface area contributed by atoms with Gasteiger partial charge in [0.15, 0.2) is 0 Å². The summed E-state index contributed by atoms with van der Waals surface area (Å²) < 4.78 is 2.32. The van der Waals surface area contributed by atoms with Crippen molar-refractivity contribution in [3.63, 3.8) is 0 Å². The van der Waals surface area contributed by atoms with Gasteiger partial charge in [-0.2, -0.15) is 0 Å². The first kappa shape index (κ1) is 15.2. The molecule has 0 radical (unpaired) electrons. The lowest BCUT2D eigenvalue weighted by Gasteiger charge is -2.14. The maximum Gasteiger partial charge on any atom is 0.0555 e. The van der Waals surface area contributed by atoms with E-state index in [2.05, 4.69) is 89.5 Å². The van der Waals surface area contributed by atoms with Crippen LogP contribution in [0.25, 0.3) is 38.6 Å². The zero-order chi connectivity index (χ0) is 17.5. The third-order valence-electron chi connectivity index (χ3n) is 4.87. The third kappa shape index (κ3) is 2.33. The molecule has 1 heterocycles. The van der Waals surface area contributed by atoms with Gasteiger partial charge in [-0.15, -0.1) is 0 Å². The standard InChI is InChI=1S/C24H16ClN/c25-18-14-15-19(17-8-2-1-3-9-17)24(16-18)26-22-12-6-4-10-20(22)21-11-5-7-13-23(21)26/h1-16H. The number of halogens is 1. The monoisotopic (exact) mass is 353 g/mol. The number of hydrogen-bond donors (Lipinski definition) is 0. The van der Waals surface area contributed by atoms with Gasteiger partial charge in [-0.05, 0) is 29.8 Å². The molecule has 0 aliphatic heterocycles. The minimum atomic E-state index is 0.738. The van der Waals surface area contributed by atoms with E-state index in [0.717, 1.165) is 10.7 Å². The first-order chi connectivity index (χ1) is 12.8. The van der Waals surface area contributed by atoms with Gasteiger partial charge in [0.25, 0.3) is 0 Å². The summed E-state index contributed by atoms with van der Waals surface area (Å²) in [6.45, 7) is 0. The van der Waals surface area contributed by atoms with Gasteiger partial charge in [0.05, 0.1) is 16.7 Å². The van der Waals surface area contributed by atoms with Gasteiger partial charge in [-0.1, -0.05) is 84.4 Å². The molecule has 4 aromatic carbocycles. The van der Waals surface area contributed by atoms with Crippen molar-refractivity contribution in [2.75, 3.05) is 0 Å². The Morgan fingerprint density at radius 1 is 0.577 bits per heavy atom. The maximum absolute atomic E-state index is 6.41. The first-order valence-electron chi connectivity index (χ1n) is 8.66. The predicted octanol–water partition coefficient (Wildman–Crippen LogP) is 7.10. The van der Waals surface area contributed by atoms with Crippen LogP contribution in [0, 0.1) is 0 Å². The molecular formula is C24H16ClN. The second kappa shape index (κ2) is 6.05. The van der Waals surface area contributed by atoms with Crippen LogP contribution in [0.4, 0.5) is 0 Å². The average molecular weight is 354 g/mol. The van der Waals surface area contributed by atoms with Gasteiger partial charge in [-0.25, -0.2) is 0 Å². The van der Waals surface area contributed by atoms with Crippen molar-refractivity contribution in [1.29, 1.82) is 0 Å². The highest BCUT2D eigenvalue weighted by Gasteiger charge is 2.15. The molecule has 0 amide bonds. The molecule has 0 atom stereocenters. The van der Waals surface area contributed by atoms with Gasteiger partial charge in [0.2, 0.25) is 0 Å². The van der Waals surface area contributed by atoms with E-state index in [9.17, 15) is 0 Å². The third-order valence-corrected chi connectivity index (χ3v) is 5.10. The molecule has 0 saturated heterocycles. The minimum absolute atomic E-state index is 0.738. The molecule has 124 valence electrons. The largest absolute Gasteiger partial charge is 0.309 e. The summed E-state index contributed by atoms with van der Waals surface area (Å²) in [4.78, 5) is 0. The fraction of sp³-hybridized carbons (Fsp3) is 0. The highest BCUT2D eigenvalue weighted by Crippen LogP contribution is 2.36. The summed E-state index contributed by atoms with van der Waals surface area (Å²) in [6.07, 6.45) is 0. The lowest BCUT2D eigenvalue weighted by atomic mass is 10.0. The van der Waals surface area contributed by atoms with Crippen LogP contribution in [0.15, 0.2) is 97.1 Å². The number of benzene rings is 4. The quantitative estimate of drug-likeness (QED) is 0.319. The van der Waals surface area contributed by atoms with Crippen LogP contribution in [0.2, 0.25) is 5.02 Å². The zero-order valence-corrected chi connectivity index (χ0v) is 14.8. The first-order valence-corrected chi connectivity index (χ1v) is 9.04. The molecule has 5 aromatic rings. The van der Waals surface area contributed by atoms with Gasteiger partial charge in [0, 0.05) is 21.4 Å². The predicted molar refractivity (Wildman–Crippen MR) is 111 cm³/mol. The van der Waals surface area contributed by atoms with Gasteiger partial charge < -0.3 is 4.57 Å². The van der Waals surface area contributed by atoms with Crippen molar-refractivity contribution in [2.24, 2.45) is 0 Å². The van der Waals surface area contributed by atoms with E-state index < -0.39 is 0 Å². The van der Waals surface area contributed by atoms with Crippen LogP contribution in [-0.4, -0.2) is 4.57 Å². The van der Waals surface area contributed by atoms with Crippen molar-refractivity contribution in [3.05, 3.63) is 102 Å². The lowest BCUT2D eigenvalue weighted by Crippen LogP contribution is -1.97. The Balaban J connectivity index is 1.93. The molecular weight excluding hydrogens is 338 g/mol. The van der Waals surface area contributed by atoms with Crippen molar-refractivity contribution < 1.29 is 0 Å². The highest BCUT2D eigenvalue weighted by molar-refractivity contribution is 6.31. The van der Waals surface area contributed by atoms with Crippen LogP contribution in [0.3, 0.4) is 0 Å². The van der Waals surface area contributed by atoms with Crippen molar-refractivity contribution in [1.82, 2.24) is 4.57 Å². The molecule has 0 fully saturated rings. The molecule has 0 unspecified atom stereocenters. The Hall–Kier alpha value is -3.03. The molecule has 0 bridgehead atoms. The fourth-order valence-electron chi connectivity index (χ4n) is 3.73. The Morgan fingerprint density at radius 3 is 1.81 bits per heavy atom. The summed E-state index contributed by atoms with van der Waals surface area (Å²) >= 11 is 6.41. The molecule has 2 heteroatoms. The summed E-state index contributed by atoms with van der Waals surface area (Å²) in [7, 11) is 0. The number of nitrogens with zero attached hydrogens (tertiary/aromatic N) is 1. The summed E-state index contributed by atoms with van der Waals surface area (Å²) in [5.74, 6) is 0. The molecule has 26 heavy (non-hydrogen) atoms. The Labute approximate surface area is 157 Å². The Bertz CT molecular complexity index is 1180. The number of para-hydroxylation sites is 2. The van der Waals surface area contributed by atoms with Crippen LogP contribution in [0.1, 0.15) is 0 Å². The zero-order valence-electron chi connectivity index (χ0n) is 14.1. The highest BCUT2D eigenvalue weighted by atomic mass is 35.5. The van der Waals surface area contributed by atoms with Crippen LogP contribution >= 0.6 is 11.6 Å². The summed E-state index contributed by atoms with van der Waals surface area (Å²) in [5.41, 5.74) is 5.82. The fourth-order valence-corrected chi connectivity index (χ4v) is 3.90. The van der Waals surface area contributed by atoms with E-state index in [1.165, 1.54) is 32.9 Å². The second-order valence-corrected chi connectivity index (χ2v) is 6.83. The van der Waals surface area contributed by atoms with E-state index in [1.807, 2.05) is 12.1 Å². The van der Waals surface area contributed by atoms with Crippen LogP contribution in [0.5, 0.6) is 0 Å². The second-order valence-electron chi connectivity index (χ2n) is 6.40. The van der Waals surface area contributed by atoms with E-state index in [0.29, 0.717) is 0 Å². The SMILES string of the molecule is Clc1ccc(-c2ccccc2)c(-n2c3ccccc3c3ccccc32)c1. The topological polar surface area (TPSA) is 4.93 Å². The summed E-state index contributed by atoms with van der Waals surface area (Å²) in [5, 5.41) is 3.24. The number of rotatable bonds is 2. The maximum atomic E-state index is 6.41. The van der Waals surface area contributed by atoms with Gasteiger partial charge in [0.1, 0.15) is 0 Å². The molecule has 5 rings (SSSR count). The molecule has 0 aliphatic carbocycles. The molecule has 0 N–H and O–H groups in total. The van der Waals surface area contributed by atoms with Crippen LogP contribution in [-0.2, 0) is 0 Å². The average Bonchev–Trinajstić information content (AvgIpc) is 3.03. The van der Waals surface area contributed by atoms with Crippen molar-refractivity contribution >= 4 is 33.4 Å². The van der Waals surface area contributed by atoms with Crippen LogP contribution < -0.4 is 0 Å². The normalized spacial score (nSPS) is 11.3. The van der Waals surface area contributed by atoms with Crippen molar-refractivity contribution in [2.45, 2.75) is 0 Å². The Morgan fingerprint density at radius 2 is 1.15 bits per heavy atom. The number of aromatic nitrogens is 1. The Kier molecular flexibility index (Phi) is 3.55. The van der Waals surface area contributed by atoms with E-state index >= 15 is 0 Å². The molecule has 0 saturated carbocycles. The van der Waals surface area contributed by atoms with Crippen molar-refractivity contribution in [3.8, 4) is 16.8 Å². The van der Waals surface area contributed by atoms with Gasteiger partial charge in [-0.3, -0.25) is 0 Å². The number of hydrogen-bond acceptors (Lipinski definition) is 0. The minimum Gasteiger partial charge on any atom is -0.309 e. The molecule has 0 aliphatic rings. The molecule has 1 nitrogen and oxygen atoms in total. The number of fused-ring (bicyclic) bond motifs is 3. The van der Waals surface area contributed by atoms with Gasteiger partial charge >= 0.3 is 0 Å². The molecule has 1 aromatic heterocycles. The summed E-state index contributed by atoms with van der Waals surface area (Å²) in [6, 6.07) is 33.7.